The van der Waals surface area contributed by atoms with Crippen LogP contribution in [0.5, 0.6) is 5.75 Å². The van der Waals surface area contributed by atoms with E-state index in [0.717, 1.165) is 6.54 Å². The molecule has 0 aromatic carbocycles. The van der Waals surface area contributed by atoms with Crippen LogP contribution in [0.25, 0.3) is 0 Å². The van der Waals surface area contributed by atoms with Gasteiger partial charge in [-0.3, -0.25) is 4.79 Å². The van der Waals surface area contributed by atoms with Gasteiger partial charge < -0.3 is 10.1 Å². The molecule has 0 amide bonds. The highest BCUT2D eigenvalue weighted by Gasteiger charge is 2.40. The third kappa shape index (κ3) is 3.22. The first-order chi connectivity index (χ1) is 9.97. The van der Waals surface area contributed by atoms with Gasteiger partial charge >= 0.3 is 0 Å². The number of halogens is 1. The largest absolute Gasteiger partial charge is 0.490 e. The van der Waals surface area contributed by atoms with Gasteiger partial charge in [-0.2, -0.15) is 0 Å². The number of carbonyl (C=O) groups excluding carboxylic acids is 1. The number of nitrogens with zero attached hydrogens (tertiary/aromatic N) is 1. The van der Waals surface area contributed by atoms with Gasteiger partial charge in [0.25, 0.3) is 0 Å². The van der Waals surface area contributed by atoms with Crippen molar-refractivity contribution < 1.29 is 9.53 Å². The van der Waals surface area contributed by atoms with Crippen molar-refractivity contribution in [2.75, 3.05) is 19.7 Å². The molecule has 1 saturated carbocycles. The summed E-state index contributed by atoms with van der Waals surface area (Å²) in [5.41, 5.74) is 0.382. The topological polar surface area (TPSA) is 51.2 Å². The zero-order valence-corrected chi connectivity index (χ0v) is 13.2. The number of hydrogen-bond donors (Lipinski definition) is 1. The molecule has 1 N–H and O–H groups in total. The number of Topliss-reactive ketones (excluding diaryl/α,β-unsaturated/α-hetero) is 1. The fraction of sp³-hybridized carbons (Fsp3) is 0.625. The lowest BCUT2D eigenvalue weighted by molar-refractivity contribution is 0.0853. The smallest absolute Gasteiger partial charge is 0.186 e. The maximum Gasteiger partial charge on any atom is 0.186 e. The second-order valence-electron chi connectivity index (χ2n) is 6.78. The van der Waals surface area contributed by atoms with E-state index in [1.807, 2.05) is 0 Å². The molecule has 1 aromatic rings. The lowest BCUT2D eigenvalue weighted by Crippen LogP contribution is -2.30. The average molecular weight is 309 g/mol. The molecule has 2 fully saturated rings. The van der Waals surface area contributed by atoms with Gasteiger partial charge in [-0.1, -0.05) is 25.4 Å². The quantitative estimate of drug-likeness (QED) is 0.671. The van der Waals surface area contributed by atoms with Crippen molar-refractivity contribution in [2.45, 2.75) is 26.7 Å². The molecule has 1 atom stereocenters. The molecule has 2 aliphatic rings. The molecule has 1 aliphatic carbocycles. The second-order valence-corrected chi connectivity index (χ2v) is 7.13. The molecule has 2 heterocycles. The first-order valence-corrected chi connectivity index (χ1v) is 7.89. The molecule has 0 radical (unpaired) electrons. The Bertz CT molecular complexity index is 555. The molecule has 3 rings (SSSR count). The molecule has 0 spiro atoms. The zero-order chi connectivity index (χ0) is 15.0. The summed E-state index contributed by atoms with van der Waals surface area (Å²) in [4.78, 5) is 16.8. The van der Waals surface area contributed by atoms with Gasteiger partial charge in [0.05, 0.1) is 6.61 Å². The van der Waals surface area contributed by atoms with E-state index in [9.17, 15) is 4.79 Å². The molecule has 1 unspecified atom stereocenters. The first-order valence-electron chi connectivity index (χ1n) is 7.51. The lowest BCUT2D eigenvalue weighted by Gasteiger charge is -2.24. The molecule has 114 valence electrons. The Morgan fingerprint density at radius 1 is 1.48 bits per heavy atom. The summed E-state index contributed by atoms with van der Waals surface area (Å²) in [5.74, 6) is 1.23. The Morgan fingerprint density at radius 3 is 2.81 bits per heavy atom. The minimum absolute atomic E-state index is 0.0492. The van der Waals surface area contributed by atoms with Crippen LogP contribution < -0.4 is 10.1 Å². The van der Waals surface area contributed by atoms with E-state index in [-0.39, 0.29) is 22.3 Å². The highest BCUT2D eigenvalue weighted by atomic mass is 35.5. The Labute approximate surface area is 130 Å². The van der Waals surface area contributed by atoms with Gasteiger partial charge in [0.2, 0.25) is 0 Å². The summed E-state index contributed by atoms with van der Waals surface area (Å²) in [6.45, 7) is 6.44. The zero-order valence-electron chi connectivity index (χ0n) is 12.5. The van der Waals surface area contributed by atoms with Crippen LogP contribution in [0.15, 0.2) is 12.1 Å². The van der Waals surface area contributed by atoms with Crippen molar-refractivity contribution in [3.63, 3.8) is 0 Å². The van der Waals surface area contributed by atoms with Crippen LogP contribution in [0, 0.1) is 17.3 Å². The van der Waals surface area contributed by atoms with Gasteiger partial charge in [-0.15, -0.1) is 0 Å². The average Bonchev–Trinajstić information content (AvgIpc) is 3.19. The normalized spacial score (nSPS) is 24.0. The van der Waals surface area contributed by atoms with Gasteiger partial charge in [-0.05, 0) is 36.3 Å². The van der Waals surface area contributed by atoms with Crippen molar-refractivity contribution in [1.82, 2.24) is 10.3 Å². The van der Waals surface area contributed by atoms with Crippen LogP contribution in [0.4, 0.5) is 0 Å². The van der Waals surface area contributed by atoms with Gasteiger partial charge in [0.1, 0.15) is 5.69 Å². The summed E-state index contributed by atoms with van der Waals surface area (Å²) in [6, 6.07) is 3.49. The Balaban J connectivity index is 1.73. The number of nitrogens with one attached hydrogen (secondary N) is 1. The number of ether oxygens (including phenoxy) is 1. The summed E-state index contributed by atoms with van der Waals surface area (Å²) < 4.78 is 5.64. The van der Waals surface area contributed by atoms with E-state index in [1.54, 1.807) is 12.1 Å². The SMILES string of the molecule is CC1(C)CNCC1C(=O)c1ccc(OCC2CC2)c(Cl)n1. The predicted molar refractivity (Wildman–Crippen MR) is 81.9 cm³/mol. The molecule has 1 aliphatic heterocycles. The number of pyridine rings is 1. The van der Waals surface area contributed by atoms with Crippen LogP contribution >= 0.6 is 11.6 Å². The van der Waals surface area contributed by atoms with Crippen molar-refractivity contribution in [2.24, 2.45) is 17.3 Å². The molecule has 0 bridgehead atoms. The molecule has 21 heavy (non-hydrogen) atoms. The predicted octanol–water partition coefficient (Wildman–Crippen LogP) is 2.95. The van der Waals surface area contributed by atoms with Crippen molar-refractivity contribution >= 4 is 17.4 Å². The molecule has 4 nitrogen and oxygen atoms in total. The maximum atomic E-state index is 12.6. The fourth-order valence-corrected chi connectivity index (χ4v) is 2.93. The third-order valence-corrected chi connectivity index (χ3v) is 4.70. The van der Waals surface area contributed by atoms with Gasteiger partial charge in [-0.25, -0.2) is 4.98 Å². The van der Waals surface area contributed by atoms with E-state index < -0.39 is 0 Å². The van der Waals surface area contributed by atoms with E-state index in [2.05, 4.69) is 24.1 Å². The van der Waals surface area contributed by atoms with Crippen molar-refractivity contribution in [1.29, 1.82) is 0 Å². The summed E-state index contributed by atoms with van der Waals surface area (Å²) in [5, 5.41) is 3.56. The highest BCUT2D eigenvalue weighted by Crippen LogP contribution is 2.34. The van der Waals surface area contributed by atoms with Crippen LogP contribution in [0.3, 0.4) is 0 Å². The second kappa shape index (κ2) is 5.58. The number of rotatable bonds is 5. The molecular weight excluding hydrogens is 288 g/mol. The first kappa shape index (κ1) is 14.8. The number of hydrogen-bond acceptors (Lipinski definition) is 4. The maximum absolute atomic E-state index is 12.6. The van der Waals surface area contributed by atoms with Gasteiger partial charge in [0, 0.05) is 19.0 Å². The minimum atomic E-state index is -0.0562. The Kier molecular flexibility index (Phi) is 3.93. The van der Waals surface area contributed by atoms with Crippen molar-refractivity contribution in [3.8, 4) is 5.75 Å². The highest BCUT2D eigenvalue weighted by molar-refractivity contribution is 6.31. The van der Waals surface area contributed by atoms with E-state index >= 15 is 0 Å². The minimum Gasteiger partial charge on any atom is -0.490 e. The molecule has 1 saturated heterocycles. The summed E-state index contributed by atoms with van der Waals surface area (Å²) >= 11 is 6.15. The van der Waals surface area contributed by atoms with E-state index in [1.165, 1.54) is 12.8 Å². The number of carbonyl (C=O) groups is 1. The summed E-state index contributed by atoms with van der Waals surface area (Å²) in [6.07, 6.45) is 2.46. The fourth-order valence-electron chi connectivity index (χ4n) is 2.72. The van der Waals surface area contributed by atoms with Crippen LogP contribution in [0.1, 0.15) is 37.2 Å². The van der Waals surface area contributed by atoms with Crippen molar-refractivity contribution in [3.05, 3.63) is 23.0 Å². The number of ketones is 1. The third-order valence-electron chi connectivity index (χ3n) is 4.43. The number of aromatic nitrogens is 1. The molecule has 1 aromatic heterocycles. The molecular formula is C16H21ClN2O2. The van der Waals surface area contributed by atoms with E-state index in [4.69, 9.17) is 16.3 Å². The molecule has 5 heteroatoms. The van der Waals surface area contributed by atoms with Gasteiger partial charge in [0.15, 0.2) is 16.7 Å². The van der Waals surface area contributed by atoms with Crippen LogP contribution in [-0.4, -0.2) is 30.5 Å². The summed E-state index contributed by atoms with van der Waals surface area (Å²) in [7, 11) is 0. The standard InChI is InChI=1S/C16H21ClN2O2/c1-16(2)9-18-7-11(16)14(20)12-5-6-13(15(17)19-12)21-8-10-3-4-10/h5-6,10-11,18H,3-4,7-9H2,1-2H3. The van der Waals surface area contributed by atoms with E-state index in [0.29, 0.717) is 30.5 Å². The lowest BCUT2D eigenvalue weighted by atomic mass is 9.78. The monoisotopic (exact) mass is 308 g/mol. The Morgan fingerprint density at radius 2 is 2.24 bits per heavy atom. The van der Waals surface area contributed by atoms with Crippen LogP contribution in [0.2, 0.25) is 5.15 Å². The van der Waals surface area contributed by atoms with Crippen LogP contribution in [-0.2, 0) is 0 Å². The Hall–Kier alpha value is -1.13.